The Morgan fingerprint density at radius 1 is 1.18 bits per heavy atom. The predicted molar refractivity (Wildman–Crippen MR) is 129 cm³/mol. The standard InChI is InChI=1S/C24H27FN4O4S/c1-4-5-11-29(22(30)18-8-6-7-9-19(18)25)23-28-27-21(34-23)17-13-15(2)20(16(3)14-17)33-12-10-26-24(31)32/h6-9,13-14,26H,4-5,10-12H2,1-3H3,(H,31,32). The van der Waals surface area contributed by atoms with Crippen LogP contribution < -0.4 is 15.0 Å². The maximum absolute atomic E-state index is 14.3. The number of nitrogens with zero attached hydrogens (tertiary/aromatic N) is 3. The number of benzene rings is 2. The number of carbonyl (C=O) groups is 2. The van der Waals surface area contributed by atoms with Crippen molar-refractivity contribution in [3.8, 4) is 16.3 Å². The smallest absolute Gasteiger partial charge is 0.404 e. The zero-order chi connectivity index (χ0) is 24.7. The summed E-state index contributed by atoms with van der Waals surface area (Å²) in [5.41, 5.74) is 2.56. The summed E-state index contributed by atoms with van der Waals surface area (Å²) in [5, 5.41) is 20.5. The predicted octanol–water partition coefficient (Wildman–Crippen LogP) is 5.05. The molecule has 0 saturated heterocycles. The average Bonchev–Trinajstić information content (AvgIpc) is 3.28. The molecule has 0 aliphatic heterocycles. The second-order valence-electron chi connectivity index (χ2n) is 7.70. The summed E-state index contributed by atoms with van der Waals surface area (Å²) in [4.78, 5) is 25.2. The highest BCUT2D eigenvalue weighted by Crippen LogP contribution is 2.34. The molecule has 2 N–H and O–H groups in total. The van der Waals surface area contributed by atoms with Gasteiger partial charge in [0.05, 0.1) is 12.1 Å². The number of hydrogen-bond donors (Lipinski definition) is 2. The zero-order valence-electron chi connectivity index (χ0n) is 19.3. The topological polar surface area (TPSA) is 105 Å². The van der Waals surface area contributed by atoms with Crippen LogP contribution in [0.25, 0.3) is 10.6 Å². The number of aromatic nitrogens is 2. The third-order valence-corrected chi connectivity index (χ3v) is 6.06. The van der Waals surface area contributed by atoms with Crippen LogP contribution in [-0.4, -0.2) is 47.0 Å². The molecule has 2 amide bonds. The summed E-state index contributed by atoms with van der Waals surface area (Å²) in [6.45, 7) is 6.61. The molecule has 1 heterocycles. The van der Waals surface area contributed by atoms with Crippen molar-refractivity contribution in [3.63, 3.8) is 0 Å². The Kier molecular flexibility index (Phi) is 8.53. The van der Waals surface area contributed by atoms with Crippen molar-refractivity contribution in [3.05, 3.63) is 58.9 Å². The number of ether oxygens (including phenoxy) is 1. The molecule has 180 valence electrons. The molecular formula is C24H27FN4O4S. The van der Waals surface area contributed by atoms with Crippen LogP contribution in [0.4, 0.5) is 14.3 Å². The molecule has 3 aromatic rings. The third-order valence-electron chi connectivity index (χ3n) is 5.06. The van der Waals surface area contributed by atoms with Crippen molar-refractivity contribution in [2.24, 2.45) is 0 Å². The van der Waals surface area contributed by atoms with Gasteiger partial charge >= 0.3 is 6.09 Å². The van der Waals surface area contributed by atoms with Crippen molar-refractivity contribution in [1.29, 1.82) is 0 Å². The number of halogens is 1. The highest BCUT2D eigenvalue weighted by Gasteiger charge is 2.24. The van der Waals surface area contributed by atoms with E-state index in [4.69, 9.17) is 9.84 Å². The molecular weight excluding hydrogens is 459 g/mol. The normalized spacial score (nSPS) is 10.7. The Balaban J connectivity index is 1.83. The molecule has 8 nitrogen and oxygen atoms in total. The molecule has 0 aliphatic carbocycles. The first kappa shape index (κ1) is 25.1. The Labute approximate surface area is 201 Å². The summed E-state index contributed by atoms with van der Waals surface area (Å²) in [6.07, 6.45) is 0.519. The highest BCUT2D eigenvalue weighted by atomic mass is 32.1. The molecule has 10 heteroatoms. The van der Waals surface area contributed by atoms with Crippen molar-refractivity contribution in [2.45, 2.75) is 33.6 Å². The van der Waals surface area contributed by atoms with E-state index >= 15 is 0 Å². The first-order valence-corrected chi connectivity index (χ1v) is 11.7. The Hall–Kier alpha value is -3.53. The van der Waals surface area contributed by atoms with Gasteiger partial charge in [-0.15, -0.1) is 10.2 Å². The molecule has 1 aromatic heterocycles. The fourth-order valence-corrected chi connectivity index (χ4v) is 4.29. The summed E-state index contributed by atoms with van der Waals surface area (Å²) in [5.74, 6) is -0.334. The van der Waals surface area contributed by atoms with Crippen LogP contribution in [0.3, 0.4) is 0 Å². The molecule has 2 aromatic carbocycles. The van der Waals surface area contributed by atoms with Crippen LogP contribution in [0.5, 0.6) is 5.75 Å². The lowest BCUT2D eigenvalue weighted by molar-refractivity contribution is 0.0982. The number of rotatable bonds is 10. The second-order valence-corrected chi connectivity index (χ2v) is 8.66. The quantitative estimate of drug-likeness (QED) is 0.389. The van der Waals surface area contributed by atoms with E-state index in [2.05, 4.69) is 15.5 Å². The number of amides is 2. The van der Waals surface area contributed by atoms with Crippen LogP contribution in [0.15, 0.2) is 36.4 Å². The molecule has 0 aliphatic rings. The molecule has 3 rings (SSSR count). The van der Waals surface area contributed by atoms with Crippen LogP contribution in [-0.2, 0) is 0 Å². The van der Waals surface area contributed by atoms with Gasteiger partial charge in [0.2, 0.25) is 5.13 Å². The van der Waals surface area contributed by atoms with Gasteiger partial charge in [0.15, 0.2) is 0 Å². The van der Waals surface area contributed by atoms with Gasteiger partial charge in [0.25, 0.3) is 5.91 Å². The molecule has 34 heavy (non-hydrogen) atoms. The Morgan fingerprint density at radius 3 is 2.53 bits per heavy atom. The first-order valence-electron chi connectivity index (χ1n) is 10.9. The van der Waals surface area contributed by atoms with Gasteiger partial charge in [-0.3, -0.25) is 9.69 Å². The highest BCUT2D eigenvalue weighted by molar-refractivity contribution is 7.18. The van der Waals surface area contributed by atoms with Gasteiger partial charge in [-0.1, -0.05) is 36.8 Å². The number of nitrogens with one attached hydrogen (secondary N) is 1. The van der Waals surface area contributed by atoms with Gasteiger partial charge in [-0.05, 0) is 55.7 Å². The van der Waals surface area contributed by atoms with E-state index in [0.29, 0.717) is 22.4 Å². The van der Waals surface area contributed by atoms with E-state index in [1.54, 1.807) is 12.1 Å². The maximum atomic E-state index is 14.3. The number of carbonyl (C=O) groups excluding carboxylic acids is 1. The lowest BCUT2D eigenvalue weighted by atomic mass is 10.1. The third kappa shape index (κ3) is 6.07. The monoisotopic (exact) mass is 486 g/mol. The number of aryl methyl sites for hydroxylation is 2. The van der Waals surface area contributed by atoms with Crippen molar-refractivity contribution in [2.75, 3.05) is 24.6 Å². The molecule has 0 spiro atoms. The van der Waals surface area contributed by atoms with E-state index in [-0.39, 0.29) is 18.7 Å². The van der Waals surface area contributed by atoms with Gasteiger partial charge in [-0.25, -0.2) is 9.18 Å². The summed E-state index contributed by atoms with van der Waals surface area (Å²) in [6, 6.07) is 9.73. The van der Waals surface area contributed by atoms with Gasteiger partial charge in [0.1, 0.15) is 23.2 Å². The molecule has 0 atom stereocenters. The van der Waals surface area contributed by atoms with Gasteiger partial charge in [-0.2, -0.15) is 0 Å². The maximum Gasteiger partial charge on any atom is 0.404 e. The molecule has 0 saturated carbocycles. The first-order chi connectivity index (χ1) is 16.3. The van der Waals surface area contributed by atoms with Gasteiger partial charge in [0, 0.05) is 12.1 Å². The number of anilines is 1. The lowest BCUT2D eigenvalue weighted by Gasteiger charge is -2.19. The molecule has 0 bridgehead atoms. The minimum Gasteiger partial charge on any atom is -0.491 e. The van der Waals surface area contributed by atoms with Crippen molar-refractivity contribution < 1.29 is 23.8 Å². The average molecular weight is 487 g/mol. The van der Waals surface area contributed by atoms with E-state index < -0.39 is 17.8 Å². The largest absolute Gasteiger partial charge is 0.491 e. The summed E-state index contributed by atoms with van der Waals surface area (Å²) < 4.78 is 20.0. The zero-order valence-corrected chi connectivity index (χ0v) is 20.1. The van der Waals surface area contributed by atoms with Crippen LogP contribution in [0.1, 0.15) is 41.3 Å². The number of hydrogen-bond acceptors (Lipinski definition) is 6. The van der Waals surface area contributed by atoms with E-state index in [9.17, 15) is 14.0 Å². The van der Waals surface area contributed by atoms with Crippen molar-refractivity contribution in [1.82, 2.24) is 15.5 Å². The number of carboxylic acid groups (broad SMARTS) is 1. The van der Waals surface area contributed by atoms with Crippen LogP contribution in [0, 0.1) is 19.7 Å². The fourth-order valence-electron chi connectivity index (χ4n) is 3.43. The van der Waals surface area contributed by atoms with Crippen LogP contribution >= 0.6 is 11.3 Å². The lowest BCUT2D eigenvalue weighted by Crippen LogP contribution is -2.32. The summed E-state index contributed by atoms with van der Waals surface area (Å²) in [7, 11) is 0. The van der Waals surface area contributed by atoms with Crippen LogP contribution in [0.2, 0.25) is 0 Å². The molecule has 0 fully saturated rings. The van der Waals surface area contributed by atoms with Crippen molar-refractivity contribution >= 4 is 28.5 Å². The minimum atomic E-state index is -1.10. The second kappa shape index (κ2) is 11.6. The molecule has 0 radical (unpaired) electrons. The Morgan fingerprint density at radius 2 is 1.88 bits per heavy atom. The molecule has 0 unspecified atom stereocenters. The van der Waals surface area contributed by atoms with Gasteiger partial charge < -0.3 is 15.2 Å². The minimum absolute atomic E-state index is 0.000862. The summed E-state index contributed by atoms with van der Waals surface area (Å²) >= 11 is 1.27. The van der Waals surface area contributed by atoms with E-state index in [1.165, 1.54) is 28.4 Å². The van der Waals surface area contributed by atoms with E-state index in [0.717, 1.165) is 29.5 Å². The number of unbranched alkanes of at least 4 members (excludes halogenated alkanes) is 1. The fraction of sp³-hybridized carbons (Fsp3) is 0.333. The SMILES string of the molecule is CCCCN(C(=O)c1ccccc1F)c1nnc(-c2cc(C)c(OCCNC(=O)O)c(C)c2)s1. The Bertz CT molecular complexity index is 1140. The van der Waals surface area contributed by atoms with E-state index in [1.807, 2.05) is 32.9 Å².